The molecular weight excluding hydrogens is 404 g/mol. The molecule has 1 saturated heterocycles. The van der Waals surface area contributed by atoms with Crippen molar-refractivity contribution < 1.29 is 14.1 Å². The largest absolute Gasteiger partial charge is 0.497 e. The molecule has 2 heterocycles. The molecule has 0 spiro atoms. The molecule has 1 aromatic carbocycles. The van der Waals surface area contributed by atoms with Gasteiger partial charge in [-0.1, -0.05) is 5.16 Å². The highest BCUT2D eigenvalue weighted by Crippen LogP contribution is 2.28. The summed E-state index contributed by atoms with van der Waals surface area (Å²) in [4.78, 5) is 18.9. The molecule has 8 heteroatoms. The number of piperidine rings is 1. The number of likely N-dealkylation sites (tertiary alicyclic amines) is 1. The quantitative estimate of drug-likeness (QED) is 0.650. The molecule has 0 radical (unpaired) electrons. The molecule has 0 bridgehead atoms. The van der Waals surface area contributed by atoms with Gasteiger partial charge in [-0.3, -0.25) is 4.79 Å². The van der Waals surface area contributed by atoms with Gasteiger partial charge in [0.1, 0.15) is 5.75 Å². The number of benzene rings is 1. The number of aromatic nitrogens is 2. The summed E-state index contributed by atoms with van der Waals surface area (Å²) >= 11 is 0. The van der Waals surface area contributed by atoms with Gasteiger partial charge in [-0.25, -0.2) is 0 Å². The predicted octanol–water partition coefficient (Wildman–Crippen LogP) is 3.48. The minimum atomic E-state index is 0. The number of methoxy groups -OCH3 is 1. The van der Waals surface area contributed by atoms with Crippen LogP contribution in [-0.2, 0) is 11.2 Å². The zero-order valence-corrected chi connectivity index (χ0v) is 18.3. The lowest BCUT2D eigenvalue weighted by atomic mass is 10.0. The van der Waals surface area contributed by atoms with Crippen LogP contribution in [0.25, 0.3) is 11.4 Å². The molecule has 0 unspecified atom stereocenters. The van der Waals surface area contributed by atoms with Gasteiger partial charge in [0.2, 0.25) is 17.6 Å². The Morgan fingerprint density at radius 2 is 1.93 bits per heavy atom. The van der Waals surface area contributed by atoms with Gasteiger partial charge >= 0.3 is 0 Å². The Bertz CT molecular complexity index is 799. The number of ether oxygens (including phenoxy) is 1. The summed E-state index contributed by atoms with van der Waals surface area (Å²) in [7, 11) is 1.64. The van der Waals surface area contributed by atoms with Crippen molar-refractivity contribution >= 4 is 18.3 Å². The van der Waals surface area contributed by atoms with Gasteiger partial charge in [-0.15, -0.1) is 12.4 Å². The first-order valence-electron chi connectivity index (χ1n) is 10.7. The number of nitrogens with zero attached hydrogens (tertiary/aromatic N) is 3. The Morgan fingerprint density at radius 3 is 2.60 bits per heavy atom. The Morgan fingerprint density at radius 1 is 1.20 bits per heavy atom. The summed E-state index contributed by atoms with van der Waals surface area (Å²) < 4.78 is 10.5. The molecular formula is C22H31ClN4O3. The average Bonchev–Trinajstić information content (AvgIpc) is 3.48. The molecule has 2 fully saturated rings. The van der Waals surface area contributed by atoms with E-state index in [4.69, 9.17) is 9.26 Å². The number of nitrogens with one attached hydrogen (secondary N) is 1. The highest BCUT2D eigenvalue weighted by atomic mass is 35.5. The number of hydrogen-bond acceptors (Lipinski definition) is 6. The molecule has 1 aromatic heterocycles. The Hall–Kier alpha value is -2.12. The molecule has 7 nitrogen and oxygen atoms in total. The fraction of sp³-hybridized carbons (Fsp3) is 0.591. The van der Waals surface area contributed by atoms with E-state index in [0.717, 1.165) is 56.1 Å². The van der Waals surface area contributed by atoms with Crippen LogP contribution in [0, 0.1) is 5.92 Å². The van der Waals surface area contributed by atoms with E-state index in [0.29, 0.717) is 30.6 Å². The molecule has 1 aliphatic heterocycles. The van der Waals surface area contributed by atoms with E-state index in [1.165, 1.54) is 12.8 Å². The summed E-state index contributed by atoms with van der Waals surface area (Å²) in [5, 5.41) is 7.70. The van der Waals surface area contributed by atoms with Crippen molar-refractivity contribution in [3.63, 3.8) is 0 Å². The maximum atomic E-state index is 12.5. The third kappa shape index (κ3) is 6.19. The number of halogens is 1. The number of carbonyl (C=O) groups is 1. The highest BCUT2D eigenvalue weighted by Gasteiger charge is 2.25. The normalized spacial score (nSPS) is 16.9. The lowest BCUT2D eigenvalue weighted by Crippen LogP contribution is -2.45. The fourth-order valence-electron chi connectivity index (χ4n) is 3.75. The van der Waals surface area contributed by atoms with Crippen LogP contribution >= 0.6 is 12.4 Å². The molecule has 2 aliphatic rings. The van der Waals surface area contributed by atoms with Crippen LogP contribution < -0.4 is 10.1 Å². The maximum Gasteiger partial charge on any atom is 0.226 e. The molecule has 4 rings (SSSR count). The predicted molar refractivity (Wildman–Crippen MR) is 117 cm³/mol. The van der Waals surface area contributed by atoms with Gasteiger partial charge in [0.25, 0.3) is 0 Å². The second-order valence-corrected chi connectivity index (χ2v) is 8.10. The van der Waals surface area contributed by atoms with Crippen LogP contribution in [0.1, 0.15) is 44.4 Å². The zero-order chi connectivity index (χ0) is 20.1. The number of aryl methyl sites for hydroxylation is 1. The van der Waals surface area contributed by atoms with E-state index in [-0.39, 0.29) is 18.3 Å². The molecule has 164 valence electrons. The van der Waals surface area contributed by atoms with Crippen molar-refractivity contribution in [3.8, 4) is 17.1 Å². The Kier molecular flexibility index (Phi) is 8.10. The van der Waals surface area contributed by atoms with E-state index in [1.54, 1.807) is 7.11 Å². The molecule has 1 saturated carbocycles. The Balaban J connectivity index is 0.00000256. The van der Waals surface area contributed by atoms with Gasteiger partial charge < -0.3 is 19.5 Å². The van der Waals surface area contributed by atoms with Crippen LogP contribution in [0.3, 0.4) is 0 Å². The van der Waals surface area contributed by atoms with Gasteiger partial charge in [0.05, 0.1) is 7.11 Å². The molecule has 0 atom stereocenters. The number of hydrogen-bond donors (Lipinski definition) is 1. The van der Waals surface area contributed by atoms with E-state index < -0.39 is 0 Å². The summed E-state index contributed by atoms with van der Waals surface area (Å²) in [6.07, 6.45) is 6.76. The molecule has 1 N–H and O–H groups in total. The first-order valence-corrected chi connectivity index (χ1v) is 10.7. The third-order valence-corrected chi connectivity index (χ3v) is 5.84. The van der Waals surface area contributed by atoms with Crippen molar-refractivity contribution in [1.29, 1.82) is 0 Å². The van der Waals surface area contributed by atoms with Gasteiger partial charge in [-0.2, -0.15) is 4.98 Å². The number of carbonyl (C=O) groups excluding carboxylic acids is 1. The molecule has 2 aromatic rings. The SMILES string of the molecule is COc1ccc(-c2noc(CCCC(=O)N3CCC(NCC4CC4)CC3)n2)cc1.Cl. The maximum absolute atomic E-state index is 12.5. The molecule has 30 heavy (non-hydrogen) atoms. The van der Waals surface area contributed by atoms with Gasteiger partial charge in [0, 0.05) is 37.5 Å². The van der Waals surface area contributed by atoms with Crippen molar-refractivity contribution in [3.05, 3.63) is 30.2 Å². The number of rotatable bonds is 9. The minimum Gasteiger partial charge on any atom is -0.497 e. The first-order chi connectivity index (χ1) is 14.2. The molecule has 1 amide bonds. The summed E-state index contributed by atoms with van der Waals surface area (Å²) in [6, 6.07) is 8.12. The standard InChI is InChI=1S/C22H30N4O3.ClH/c1-28-19-9-7-17(8-10-19)22-24-20(29-25-22)3-2-4-21(27)26-13-11-18(12-14-26)23-15-16-5-6-16;/h7-10,16,18,23H,2-6,11-15H2,1H3;1H. The molecule has 1 aliphatic carbocycles. The second-order valence-electron chi connectivity index (χ2n) is 8.10. The van der Waals surface area contributed by atoms with Gasteiger partial charge in [0.15, 0.2) is 0 Å². The lowest BCUT2D eigenvalue weighted by Gasteiger charge is -2.32. The van der Waals surface area contributed by atoms with Gasteiger partial charge in [-0.05, 0) is 68.8 Å². The van der Waals surface area contributed by atoms with Crippen molar-refractivity contribution in [2.75, 3.05) is 26.7 Å². The zero-order valence-electron chi connectivity index (χ0n) is 17.5. The average molecular weight is 435 g/mol. The minimum absolute atomic E-state index is 0. The summed E-state index contributed by atoms with van der Waals surface area (Å²) in [5.41, 5.74) is 0.884. The third-order valence-electron chi connectivity index (χ3n) is 5.84. The first kappa shape index (κ1) is 22.6. The smallest absolute Gasteiger partial charge is 0.226 e. The van der Waals surface area contributed by atoms with E-state index in [2.05, 4.69) is 15.5 Å². The Labute approximate surface area is 184 Å². The van der Waals surface area contributed by atoms with Crippen molar-refractivity contribution in [2.24, 2.45) is 5.92 Å². The van der Waals surface area contributed by atoms with Crippen molar-refractivity contribution in [2.45, 2.75) is 51.0 Å². The highest BCUT2D eigenvalue weighted by molar-refractivity contribution is 5.85. The monoisotopic (exact) mass is 434 g/mol. The van der Waals surface area contributed by atoms with Crippen LogP contribution in [0.15, 0.2) is 28.8 Å². The van der Waals surface area contributed by atoms with Crippen LogP contribution in [-0.4, -0.2) is 53.7 Å². The van der Waals surface area contributed by atoms with E-state index in [1.807, 2.05) is 29.2 Å². The second kappa shape index (κ2) is 10.8. The summed E-state index contributed by atoms with van der Waals surface area (Å²) in [6.45, 7) is 2.88. The van der Waals surface area contributed by atoms with Crippen LogP contribution in [0.4, 0.5) is 0 Å². The fourth-order valence-corrected chi connectivity index (χ4v) is 3.75. The topological polar surface area (TPSA) is 80.5 Å². The van der Waals surface area contributed by atoms with E-state index >= 15 is 0 Å². The van der Waals surface area contributed by atoms with E-state index in [9.17, 15) is 4.79 Å². The van der Waals surface area contributed by atoms with Crippen LogP contribution in [0.5, 0.6) is 5.75 Å². The van der Waals surface area contributed by atoms with Crippen LogP contribution in [0.2, 0.25) is 0 Å². The number of amides is 1. The van der Waals surface area contributed by atoms with Crippen molar-refractivity contribution in [1.82, 2.24) is 20.4 Å². The summed E-state index contributed by atoms with van der Waals surface area (Å²) in [5.74, 6) is 3.07. The lowest BCUT2D eigenvalue weighted by molar-refractivity contribution is -0.132.